The molecule has 0 atom stereocenters. The summed E-state index contributed by atoms with van der Waals surface area (Å²) < 4.78 is 13.3. The maximum absolute atomic E-state index is 13.3. The minimum atomic E-state index is -0.362. The summed E-state index contributed by atoms with van der Waals surface area (Å²) in [7, 11) is 0. The molecular formula is C10H15FN2. The summed E-state index contributed by atoms with van der Waals surface area (Å²) in [6, 6.07) is 4.57. The first-order chi connectivity index (χ1) is 5.97. The number of rotatable bonds is 2. The second-order valence-corrected chi connectivity index (χ2v) is 3.83. The first-order valence-electron chi connectivity index (χ1n) is 4.23. The van der Waals surface area contributed by atoms with Crippen LogP contribution in [0.15, 0.2) is 18.2 Å². The van der Waals surface area contributed by atoms with E-state index in [4.69, 9.17) is 11.5 Å². The minimum absolute atomic E-state index is 0.246. The van der Waals surface area contributed by atoms with Gasteiger partial charge in [-0.3, -0.25) is 0 Å². The second kappa shape index (κ2) is 3.34. The predicted octanol–water partition coefficient (Wildman–Crippen LogP) is 1.64. The highest BCUT2D eigenvalue weighted by Gasteiger charge is 2.22. The Morgan fingerprint density at radius 2 is 2.00 bits per heavy atom. The molecule has 0 saturated heterocycles. The van der Waals surface area contributed by atoms with Gasteiger partial charge in [-0.15, -0.1) is 0 Å². The van der Waals surface area contributed by atoms with Crippen molar-refractivity contribution in [2.24, 2.45) is 5.73 Å². The minimum Gasteiger partial charge on any atom is -0.399 e. The molecule has 0 saturated carbocycles. The molecule has 0 unspecified atom stereocenters. The number of halogens is 1. The van der Waals surface area contributed by atoms with Crippen LogP contribution in [0.1, 0.15) is 19.4 Å². The van der Waals surface area contributed by atoms with Crippen molar-refractivity contribution in [3.8, 4) is 0 Å². The molecule has 1 aromatic rings. The molecule has 0 aliphatic heterocycles. The van der Waals surface area contributed by atoms with E-state index in [1.54, 1.807) is 12.1 Å². The largest absolute Gasteiger partial charge is 0.399 e. The molecule has 3 heteroatoms. The summed E-state index contributed by atoms with van der Waals surface area (Å²) in [6.45, 7) is 4.18. The van der Waals surface area contributed by atoms with Gasteiger partial charge in [0.15, 0.2) is 0 Å². The van der Waals surface area contributed by atoms with E-state index in [2.05, 4.69) is 0 Å². The summed E-state index contributed by atoms with van der Waals surface area (Å²) >= 11 is 0. The van der Waals surface area contributed by atoms with Gasteiger partial charge in [-0.05, 0) is 23.8 Å². The average Bonchev–Trinajstić information content (AvgIpc) is 2.09. The third kappa shape index (κ3) is 1.98. The van der Waals surface area contributed by atoms with Crippen molar-refractivity contribution in [3.63, 3.8) is 0 Å². The predicted molar refractivity (Wildman–Crippen MR) is 52.9 cm³/mol. The van der Waals surface area contributed by atoms with Gasteiger partial charge in [0.05, 0.1) is 0 Å². The lowest BCUT2D eigenvalue weighted by molar-refractivity contribution is 0.493. The Bertz CT molecular complexity index is 308. The number of hydrogen-bond donors (Lipinski definition) is 2. The standard InChI is InChI=1S/C10H15FN2/c1-10(2,6-12)8-5-7(13)3-4-9(8)11/h3-5H,6,12-13H2,1-2H3. The van der Waals surface area contributed by atoms with Gasteiger partial charge in [0.25, 0.3) is 0 Å². The zero-order valence-electron chi connectivity index (χ0n) is 7.97. The van der Waals surface area contributed by atoms with Crippen molar-refractivity contribution < 1.29 is 4.39 Å². The number of nitrogens with two attached hydrogens (primary N) is 2. The van der Waals surface area contributed by atoms with Crippen LogP contribution in [0.2, 0.25) is 0 Å². The van der Waals surface area contributed by atoms with E-state index in [0.717, 1.165) is 0 Å². The first-order valence-corrected chi connectivity index (χ1v) is 4.23. The molecule has 1 rings (SSSR count). The van der Waals surface area contributed by atoms with Gasteiger partial charge >= 0.3 is 0 Å². The number of anilines is 1. The second-order valence-electron chi connectivity index (χ2n) is 3.83. The van der Waals surface area contributed by atoms with Crippen LogP contribution in [0.3, 0.4) is 0 Å². The third-order valence-electron chi connectivity index (χ3n) is 2.23. The van der Waals surface area contributed by atoms with Crippen LogP contribution < -0.4 is 11.5 Å². The van der Waals surface area contributed by atoms with Gasteiger partial charge in [0.1, 0.15) is 5.82 Å². The lowest BCUT2D eigenvalue weighted by atomic mass is 9.84. The van der Waals surface area contributed by atoms with Crippen molar-refractivity contribution in [1.29, 1.82) is 0 Å². The van der Waals surface area contributed by atoms with E-state index in [1.807, 2.05) is 13.8 Å². The quantitative estimate of drug-likeness (QED) is 0.683. The van der Waals surface area contributed by atoms with E-state index in [-0.39, 0.29) is 11.2 Å². The molecule has 0 bridgehead atoms. The summed E-state index contributed by atoms with van der Waals surface area (Å²) in [6.07, 6.45) is 0. The summed E-state index contributed by atoms with van der Waals surface area (Å²) in [4.78, 5) is 0. The fourth-order valence-corrected chi connectivity index (χ4v) is 1.17. The van der Waals surface area contributed by atoms with Gasteiger partial charge in [0, 0.05) is 17.6 Å². The molecule has 1 aromatic carbocycles. The van der Waals surface area contributed by atoms with Crippen LogP contribution >= 0.6 is 0 Å². The van der Waals surface area contributed by atoms with Crippen molar-refractivity contribution in [2.45, 2.75) is 19.3 Å². The van der Waals surface area contributed by atoms with Gasteiger partial charge in [-0.1, -0.05) is 13.8 Å². The number of hydrogen-bond acceptors (Lipinski definition) is 2. The van der Waals surface area contributed by atoms with Crippen molar-refractivity contribution in [3.05, 3.63) is 29.6 Å². The van der Waals surface area contributed by atoms with E-state index in [0.29, 0.717) is 17.8 Å². The van der Waals surface area contributed by atoms with E-state index >= 15 is 0 Å². The molecule has 0 aliphatic carbocycles. The van der Waals surface area contributed by atoms with Crippen LogP contribution in [-0.2, 0) is 5.41 Å². The molecule has 72 valence electrons. The highest BCUT2D eigenvalue weighted by Crippen LogP contribution is 2.26. The van der Waals surface area contributed by atoms with Gasteiger partial charge < -0.3 is 11.5 Å². The van der Waals surface area contributed by atoms with Crippen LogP contribution in [0.4, 0.5) is 10.1 Å². The Hall–Kier alpha value is -1.09. The summed E-state index contributed by atoms with van der Waals surface area (Å²) in [5.74, 6) is -0.246. The summed E-state index contributed by atoms with van der Waals surface area (Å²) in [5, 5.41) is 0. The monoisotopic (exact) mass is 182 g/mol. The third-order valence-corrected chi connectivity index (χ3v) is 2.23. The Kier molecular flexibility index (Phi) is 2.57. The van der Waals surface area contributed by atoms with E-state index in [9.17, 15) is 4.39 Å². The fourth-order valence-electron chi connectivity index (χ4n) is 1.17. The van der Waals surface area contributed by atoms with Crippen LogP contribution in [0.5, 0.6) is 0 Å². The fraction of sp³-hybridized carbons (Fsp3) is 0.400. The smallest absolute Gasteiger partial charge is 0.127 e. The lowest BCUT2D eigenvalue weighted by Gasteiger charge is -2.23. The molecule has 0 aromatic heterocycles. The first kappa shape index (κ1) is 9.99. The number of benzene rings is 1. The van der Waals surface area contributed by atoms with Crippen molar-refractivity contribution >= 4 is 5.69 Å². The van der Waals surface area contributed by atoms with Gasteiger partial charge in [-0.2, -0.15) is 0 Å². The SMILES string of the molecule is CC(C)(CN)c1cc(N)ccc1F. The molecule has 0 radical (unpaired) electrons. The lowest BCUT2D eigenvalue weighted by Crippen LogP contribution is -2.29. The van der Waals surface area contributed by atoms with Crippen LogP contribution in [-0.4, -0.2) is 6.54 Å². The summed E-state index contributed by atoms with van der Waals surface area (Å²) in [5.41, 5.74) is 11.9. The normalized spacial score (nSPS) is 11.7. The Balaban J connectivity index is 3.20. The molecule has 0 amide bonds. The zero-order chi connectivity index (χ0) is 10.1. The topological polar surface area (TPSA) is 52.0 Å². The van der Waals surface area contributed by atoms with Crippen molar-refractivity contribution in [2.75, 3.05) is 12.3 Å². The van der Waals surface area contributed by atoms with Gasteiger partial charge in [0.2, 0.25) is 0 Å². The molecule has 2 nitrogen and oxygen atoms in total. The highest BCUT2D eigenvalue weighted by molar-refractivity contribution is 5.44. The number of nitrogen functional groups attached to an aromatic ring is 1. The highest BCUT2D eigenvalue weighted by atomic mass is 19.1. The Labute approximate surface area is 77.7 Å². The zero-order valence-corrected chi connectivity index (χ0v) is 7.97. The molecule has 0 aliphatic rings. The molecular weight excluding hydrogens is 167 g/mol. The Morgan fingerprint density at radius 3 is 2.54 bits per heavy atom. The molecule has 13 heavy (non-hydrogen) atoms. The molecule has 0 fully saturated rings. The molecule has 0 heterocycles. The Morgan fingerprint density at radius 1 is 1.38 bits per heavy atom. The van der Waals surface area contributed by atoms with Gasteiger partial charge in [-0.25, -0.2) is 4.39 Å². The molecule has 4 N–H and O–H groups in total. The molecule has 0 spiro atoms. The van der Waals surface area contributed by atoms with Crippen LogP contribution in [0, 0.1) is 5.82 Å². The average molecular weight is 182 g/mol. The maximum atomic E-state index is 13.3. The maximum Gasteiger partial charge on any atom is 0.127 e. The van der Waals surface area contributed by atoms with E-state index in [1.165, 1.54) is 6.07 Å². The van der Waals surface area contributed by atoms with Crippen LogP contribution in [0.25, 0.3) is 0 Å². The van der Waals surface area contributed by atoms with E-state index < -0.39 is 0 Å². The van der Waals surface area contributed by atoms with Crippen molar-refractivity contribution in [1.82, 2.24) is 0 Å².